The quantitative estimate of drug-likeness (QED) is 0.0961. The van der Waals surface area contributed by atoms with E-state index >= 15 is 0 Å². The predicted octanol–water partition coefficient (Wildman–Crippen LogP) is 8.82. The average Bonchev–Trinajstić information content (AvgIpc) is 3.11. The first kappa shape index (κ1) is 31.1. The van der Waals surface area contributed by atoms with Gasteiger partial charge in [-0.05, 0) is 48.5 Å². The molecule has 4 heterocycles. The first-order valence-corrected chi connectivity index (χ1v) is 17.2. The maximum Gasteiger partial charge on any atom is 0.261 e. The van der Waals surface area contributed by atoms with Crippen LogP contribution >= 0.6 is 46.4 Å². The van der Waals surface area contributed by atoms with Crippen LogP contribution in [0.25, 0.3) is 43.1 Å². The molecule has 12 heteroatoms. The van der Waals surface area contributed by atoms with E-state index in [9.17, 15) is 19.2 Å². The van der Waals surface area contributed by atoms with Crippen molar-refractivity contribution in [3.05, 3.63) is 127 Å². The SMILES string of the molecule is O=C1c2cc(Cl)c3c4c(Cl)cc5c6c(cc(Cl)c(c7c(Cl)cc(c2c37)C(=O)N1CCc1ccccn1)c64)C(=O)N(CCc1ccccn1)C5=O. The molecule has 0 fully saturated rings. The Kier molecular flexibility index (Phi) is 7.06. The topological polar surface area (TPSA) is 101 Å². The summed E-state index contributed by atoms with van der Waals surface area (Å²) in [5.74, 6) is -2.02. The molecule has 2 aliphatic heterocycles. The molecule has 0 N–H and O–H groups in total. The molecule has 2 aliphatic rings. The van der Waals surface area contributed by atoms with E-state index in [1.165, 1.54) is 34.1 Å². The molecule has 0 unspecified atom stereocenters. The molecular formula is C38H20Cl4N4O4. The molecule has 0 aliphatic carbocycles. The monoisotopic (exact) mass is 736 g/mol. The van der Waals surface area contributed by atoms with Crippen molar-refractivity contribution in [2.45, 2.75) is 12.8 Å². The molecular weight excluding hydrogens is 718 g/mol. The van der Waals surface area contributed by atoms with Crippen molar-refractivity contribution in [3.8, 4) is 0 Å². The largest absolute Gasteiger partial charge is 0.274 e. The summed E-state index contributed by atoms with van der Waals surface area (Å²) in [6.07, 6.45) is 4.03. The van der Waals surface area contributed by atoms with Crippen molar-refractivity contribution in [1.29, 1.82) is 0 Å². The Labute approximate surface area is 303 Å². The lowest BCUT2D eigenvalue weighted by Crippen LogP contribution is -2.41. The minimum atomic E-state index is -0.504. The number of amides is 4. The zero-order chi connectivity index (χ0) is 34.6. The second-order valence-corrected chi connectivity index (χ2v) is 13.9. The van der Waals surface area contributed by atoms with Gasteiger partial charge in [-0.25, -0.2) is 0 Å². The van der Waals surface area contributed by atoms with Crippen LogP contribution in [0, 0.1) is 0 Å². The van der Waals surface area contributed by atoms with Crippen LogP contribution in [0.15, 0.2) is 73.1 Å². The highest BCUT2D eigenvalue weighted by atomic mass is 35.5. The Morgan fingerprint density at radius 3 is 1.04 bits per heavy atom. The van der Waals surface area contributed by atoms with Gasteiger partial charge in [0, 0.05) is 113 Å². The Morgan fingerprint density at radius 1 is 0.440 bits per heavy atom. The number of rotatable bonds is 6. The maximum atomic E-state index is 14.0. The number of pyridine rings is 2. The van der Waals surface area contributed by atoms with Gasteiger partial charge < -0.3 is 0 Å². The van der Waals surface area contributed by atoms with Crippen molar-refractivity contribution >= 4 is 113 Å². The number of hydrogen-bond acceptors (Lipinski definition) is 6. The van der Waals surface area contributed by atoms with E-state index in [0.29, 0.717) is 55.9 Å². The molecule has 9 rings (SSSR count). The van der Waals surface area contributed by atoms with Gasteiger partial charge >= 0.3 is 0 Å². The summed E-state index contributed by atoms with van der Waals surface area (Å²) in [6, 6.07) is 17.1. The van der Waals surface area contributed by atoms with Crippen LogP contribution in [0.3, 0.4) is 0 Å². The average molecular weight is 738 g/mol. The standard InChI is InChI=1S/C38H20Cl4N4O4/c39-23-13-19-27-20(36(48)45(35(19)47)11-7-17-5-1-3-9-43-17)14-24(40)30-32-26(42)16-22-28-21(15-25(41)31(34(28)32)29(23)33(27)30)37(49)46(38(22)50)12-8-18-6-2-4-10-44-18/h1-6,9-10,13-16H,7-8,11-12H2. The van der Waals surface area contributed by atoms with Crippen LogP contribution in [-0.4, -0.2) is 56.5 Å². The fraction of sp³-hybridized carbons (Fsp3) is 0.105. The number of nitrogens with zero attached hydrogens (tertiary/aromatic N) is 4. The molecule has 2 aromatic heterocycles. The van der Waals surface area contributed by atoms with Crippen LogP contribution in [0.5, 0.6) is 0 Å². The van der Waals surface area contributed by atoms with Crippen LogP contribution < -0.4 is 0 Å². The molecule has 0 radical (unpaired) electrons. The highest BCUT2D eigenvalue weighted by Crippen LogP contribution is 2.53. The fourth-order valence-corrected chi connectivity index (χ4v) is 8.70. The number of carbonyl (C=O) groups is 4. The van der Waals surface area contributed by atoms with E-state index in [1.807, 2.05) is 24.3 Å². The van der Waals surface area contributed by atoms with Crippen LogP contribution in [0.4, 0.5) is 0 Å². The lowest BCUT2D eigenvalue weighted by Gasteiger charge is -2.31. The van der Waals surface area contributed by atoms with Crippen LogP contribution in [0.1, 0.15) is 52.8 Å². The Hall–Kier alpha value is -4.86. The number of halogens is 4. The fourth-order valence-electron chi connectivity index (χ4n) is 7.51. The van der Waals surface area contributed by atoms with Crippen molar-refractivity contribution in [3.63, 3.8) is 0 Å². The highest BCUT2D eigenvalue weighted by molar-refractivity contribution is 6.56. The third-order valence-corrected chi connectivity index (χ3v) is 10.8. The number of aromatic nitrogens is 2. The minimum Gasteiger partial charge on any atom is -0.274 e. The third-order valence-electron chi connectivity index (χ3n) is 9.65. The van der Waals surface area contributed by atoms with E-state index in [-0.39, 0.29) is 55.4 Å². The van der Waals surface area contributed by atoms with Gasteiger partial charge in [0.05, 0.1) is 22.3 Å². The molecule has 0 saturated heterocycles. The summed E-state index contributed by atoms with van der Waals surface area (Å²) in [7, 11) is 0. The summed E-state index contributed by atoms with van der Waals surface area (Å²) in [5.41, 5.74) is 2.40. The number of fused-ring (bicyclic) bond motifs is 2. The Balaban J connectivity index is 1.28. The molecule has 7 aromatic rings. The lowest BCUT2D eigenvalue weighted by molar-refractivity contribution is 0.0596. The zero-order valence-corrected chi connectivity index (χ0v) is 28.7. The van der Waals surface area contributed by atoms with Gasteiger partial charge in [-0.1, -0.05) is 58.5 Å². The smallest absolute Gasteiger partial charge is 0.261 e. The van der Waals surface area contributed by atoms with Crippen molar-refractivity contribution < 1.29 is 19.2 Å². The van der Waals surface area contributed by atoms with Crippen LogP contribution in [-0.2, 0) is 12.8 Å². The van der Waals surface area contributed by atoms with Gasteiger partial charge in [0.15, 0.2) is 0 Å². The van der Waals surface area contributed by atoms with Gasteiger partial charge in [0.2, 0.25) is 0 Å². The van der Waals surface area contributed by atoms with Crippen molar-refractivity contribution in [1.82, 2.24) is 19.8 Å². The van der Waals surface area contributed by atoms with Gasteiger partial charge in [0.1, 0.15) is 0 Å². The first-order valence-electron chi connectivity index (χ1n) is 15.7. The number of hydrogen-bond donors (Lipinski definition) is 0. The molecule has 5 aromatic carbocycles. The molecule has 0 saturated carbocycles. The van der Waals surface area contributed by atoms with E-state index in [1.54, 1.807) is 24.5 Å². The summed E-state index contributed by atoms with van der Waals surface area (Å²) in [6.45, 7) is 0.196. The van der Waals surface area contributed by atoms with Crippen LogP contribution in [0.2, 0.25) is 20.1 Å². The predicted molar refractivity (Wildman–Crippen MR) is 194 cm³/mol. The normalized spacial score (nSPS) is 14.4. The summed E-state index contributed by atoms with van der Waals surface area (Å²) in [5, 5.41) is 4.13. The van der Waals surface area contributed by atoms with E-state index < -0.39 is 23.6 Å². The van der Waals surface area contributed by atoms with E-state index in [0.717, 1.165) is 11.4 Å². The van der Waals surface area contributed by atoms with Gasteiger partial charge in [-0.15, -0.1) is 0 Å². The first-order chi connectivity index (χ1) is 24.2. The lowest BCUT2D eigenvalue weighted by atomic mass is 9.82. The summed E-state index contributed by atoms with van der Waals surface area (Å²) in [4.78, 5) is 67.0. The maximum absolute atomic E-state index is 14.0. The molecule has 0 atom stereocenters. The van der Waals surface area contributed by atoms with Gasteiger partial charge in [0.25, 0.3) is 23.6 Å². The zero-order valence-electron chi connectivity index (χ0n) is 25.7. The van der Waals surface area contributed by atoms with E-state index in [4.69, 9.17) is 46.4 Å². The van der Waals surface area contributed by atoms with Crippen molar-refractivity contribution in [2.75, 3.05) is 13.1 Å². The second-order valence-electron chi connectivity index (χ2n) is 12.3. The molecule has 8 nitrogen and oxygen atoms in total. The summed E-state index contributed by atoms with van der Waals surface area (Å²) >= 11 is 28.3. The molecule has 4 amide bonds. The molecule has 0 bridgehead atoms. The number of imide groups is 2. The second kappa shape index (κ2) is 11.3. The van der Waals surface area contributed by atoms with Crippen molar-refractivity contribution in [2.24, 2.45) is 0 Å². The molecule has 244 valence electrons. The molecule has 0 spiro atoms. The van der Waals surface area contributed by atoms with E-state index in [2.05, 4.69) is 9.97 Å². The number of benzene rings is 5. The third kappa shape index (κ3) is 4.32. The van der Waals surface area contributed by atoms with Gasteiger partial charge in [-0.3, -0.25) is 38.9 Å². The molecule has 50 heavy (non-hydrogen) atoms. The summed E-state index contributed by atoms with van der Waals surface area (Å²) < 4.78 is 0. The number of carbonyl (C=O) groups excluding carboxylic acids is 4. The van der Waals surface area contributed by atoms with Gasteiger partial charge in [-0.2, -0.15) is 0 Å². The highest BCUT2D eigenvalue weighted by Gasteiger charge is 2.39. The Bertz CT molecular complexity index is 2370. The Morgan fingerprint density at radius 2 is 0.760 bits per heavy atom. The minimum absolute atomic E-state index is 0.0979.